The van der Waals surface area contributed by atoms with Gasteiger partial charge in [0.1, 0.15) is 10.8 Å². The third-order valence-corrected chi connectivity index (χ3v) is 4.85. The molecule has 158 valence electrons. The van der Waals surface area contributed by atoms with Gasteiger partial charge < -0.3 is 5.11 Å². The second-order valence-electron chi connectivity index (χ2n) is 5.82. The van der Waals surface area contributed by atoms with E-state index in [2.05, 4.69) is 47.0 Å². The van der Waals surface area contributed by atoms with Gasteiger partial charge in [0.25, 0.3) is 11.6 Å². The minimum atomic E-state index is -0.617. The molecule has 0 radical (unpaired) electrons. The first-order valence-corrected chi connectivity index (χ1v) is 9.96. The van der Waals surface area contributed by atoms with Crippen molar-refractivity contribution in [3.05, 3.63) is 67.4 Å². The quantitative estimate of drug-likeness (QED) is 0.249. The number of pyridine rings is 1. The number of hydrogen-bond donors (Lipinski definition) is 3. The van der Waals surface area contributed by atoms with Crippen molar-refractivity contribution in [3.8, 4) is 5.75 Å². The van der Waals surface area contributed by atoms with Gasteiger partial charge in [-0.2, -0.15) is 5.10 Å². The summed E-state index contributed by atoms with van der Waals surface area (Å²) in [5, 5.41) is 34.9. The monoisotopic (exact) mass is 505 g/mol. The predicted octanol–water partition coefficient (Wildman–Crippen LogP) is 2.25. The Hall–Kier alpha value is -3.78. The lowest BCUT2D eigenvalue weighted by atomic mass is 10.2. The van der Waals surface area contributed by atoms with Gasteiger partial charge in [0, 0.05) is 34.6 Å². The van der Waals surface area contributed by atoms with Crippen molar-refractivity contribution in [1.29, 1.82) is 0 Å². The van der Waals surface area contributed by atoms with E-state index in [0.717, 1.165) is 35.8 Å². The van der Waals surface area contributed by atoms with Gasteiger partial charge in [-0.1, -0.05) is 11.3 Å². The normalized spacial score (nSPS) is 10.7. The minimum Gasteiger partial charge on any atom is -0.507 e. The molecule has 0 saturated heterocycles. The fraction of sp³-hybridized carbons (Fsp3) is 0.0588. The van der Waals surface area contributed by atoms with E-state index in [1.165, 1.54) is 6.20 Å². The molecule has 2 amide bonds. The highest BCUT2D eigenvalue weighted by Gasteiger charge is 2.13. The molecule has 3 rings (SSSR count). The van der Waals surface area contributed by atoms with E-state index >= 15 is 0 Å². The number of nitro benzene ring substituents is 1. The van der Waals surface area contributed by atoms with Crippen molar-refractivity contribution in [2.24, 2.45) is 5.10 Å². The number of amides is 2. The van der Waals surface area contributed by atoms with Gasteiger partial charge in [-0.05, 0) is 28.1 Å². The van der Waals surface area contributed by atoms with Gasteiger partial charge in [-0.25, -0.2) is 5.43 Å². The second kappa shape index (κ2) is 9.82. The van der Waals surface area contributed by atoms with Crippen LogP contribution in [0.5, 0.6) is 5.75 Å². The lowest BCUT2D eigenvalue weighted by Gasteiger charge is -2.00. The van der Waals surface area contributed by atoms with Gasteiger partial charge in [0.2, 0.25) is 11.0 Å². The first kappa shape index (κ1) is 21.9. The van der Waals surface area contributed by atoms with Gasteiger partial charge >= 0.3 is 0 Å². The summed E-state index contributed by atoms with van der Waals surface area (Å²) in [6.45, 7) is 0. The van der Waals surface area contributed by atoms with Gasteiger partial charge in [-0.15, -0.1) is 10.2 Å². The topological polar surface area (TPSA) is 173 Å². The molecule has 12 nitrogen and oxygen atoms in total. The fourth-order valence-electron chi connectivity index (χ4n) is 2.19. The number of hydrazone groups is 1. The van der Waals surface area contributed by atoms with Crippen molar-refractivity contribution >= 4 is 56.1 Å². The predicted molar refractivity (Wildman–Crippen MR) is 114 cm³/mol. The summed E-state index contributed by atoms with van der Waals surface area (Å²) in [5.74, 6) is -1.19. The molecule has 0 spiro atoms. The number of benzene rings is 1. The zero-order valence-electron chi connectivity index (χ0n) is 15.4. The van der Waals surface area contributed by atoms with Crippen LogP contribution in [0.1, 0.15) is 20.9 Å². The third-order valence-electron chi connectivity index (χ3n) is 3.58. The number of phenols is 1. The molecule has 0 aliphatic carbocycles. The summed E-state index contributed by atoms with van der Waals surface area (Å²) < 4.78 is 0.647. The molecular weight excluding hydrogens is 494 g/mol. The van der Waals surface area contributed by atoms with Gasteiger partial charge in [0.05, 0.1) is 23.1 Å². The number of non-ortho nitro benzene ring substituents is 1. The van der Waals surface area contributed by atoms with E-state index in [-0.39, 0.29) is 28.6 Å². The molecule has 3 aromatic rings. The highest BCUT2D eigenvalue weighted by Crippen LogP contribution is 2.21. The molecule has 0 aliphatic heterocycles. The Bertz CT molecular complexity index is 1180. The molecule has 0 fully saturated rings. The zero-order valence-corrected chi connectivity index (χ0v) is 17.8. The standard InChI is InChI=1S/C17H12BrN7O5S/c18-11-3-10(6-19-8-11)16(28)21-17-24-23-15(31-17)5-14(27)22-20-7-9-4-12(25(29)30)1-2-13(9)26/h1-4,6-8,26H,5H2,(H,22,27)(H,21,24,28). The van der Waals surface area contributed by atoms with E-state index in [9.17, 15) is 24.8 Å². The van der Waals surface area contributed by atoms with E-state index < -0.39 is 16.7 Å². The zero-order chi connectivity index (χ0) is 22.4. The van der Waals surface area contributed by atoms with E-state index in [1.807, 2.05) is 0 Å². The number of rotatable bonds is 7. The van der Waals surface area contributed by atoms with Crippen LogP contribution < -0.4 is 10.7 Å². The van der Waals surface area contributed by atoms with Crippen LogP contribution in [-0.4, -0.2) is 43.2 Å². The number of carbonyl (C=O) groups is 2. The molecule has 1 aromatic carbocycles. The van der Waals surface area contributed by atoms with E-state index in [4.69, 9.17) is 0 Å². The molecule has 0 saturated carbocycles. The first-order chi connectivity index (χ1) is 14.8. The Labute approximate surface area is 186 Å². The van der Waals surface area contributed by atoms with Crippen LogP contribution in [-0.2, 0) is 11.2 Å². The van der Waals surface area contributed by atoms with Gasteiger partial charge in [0.15, 0.2) is 0 Å². The number of nitro groups is 1. The van der Waals surface area contributed by atoms with Crippen LogP contribution in [0.25, 0.3) is 0 Å². The molecule has 31 heavy (non-hydrogen) atoms. The third kappa shape index (κ3) is 6.10. The highest BCUT2D eigenvalue weighted by atomic mass is 79.9. The number of aromatic nitrogens is 3. The molecule has 2 aromatic heterocycles. The summed E-state index contributed by atoms with van der Waals surface area (Å²) >= 11 is 4.24. The Morgan fingerprint density at radius 1 is 1.29 bits per heavy atom. The number of halogens is 1. The molecule has 2 heterocycles. The van der Waals surface area contributed by atoms with Crippen molar-refractivity contribution in [2.75, 3.05) is 5.32 Å². The Kier molecular flexibility index (Phi) is 6.94. The summed E-state index contributed by atoms with van der Waals surface area (Å²) in [6, 6.07) is 5.01. The van der Waals surface area contributed by atoms with Crippen LogP contribution in [0.2, 0.25) is 0 Å². The van der Waals surface area contributed by atoms with Crippen LogP contribution in [0, 0.1) is 10.1 Å². The lowest BCUT2D eigenvalue weighted by Crippen LogP contribution is -2.19. The number of carbonyl (C=O) groups excluding carboxylic acids is 2. The number of aromatic hydroxyl groups is 1. The Morgan fingerprint density at radius 3 is 2.84 bits per heavy atom. The maximum Gasteiger partial charge on any atom is 0.270 e. The number of phenolic OH excluding ortho intramolecular Hbond substituents is 1. The number of nitrogens with one attached hydrogen (secondary N) is 2. The lowest BCUT2D eigenvalue weighted by molar-refractivity contribution is -0.384. The average Bonchev–Trinajstić information content (AvgIpc) is 3.15. The summed E-state index contributed by atoms with van der Waals surface area (Å²) in [5.41, 5.74) is 2.39. The van der Waals surface area contributed by atoms with Crippen LogP contribution in [0.4, 0.5) is 10.8 Å². The van der Waals surface area contributed by atoms with Crippen molar-refractivity contribution in [1.82, 2.24) is 20.6 Å². The largest absolute Gasteiger partial charge is 0.507 e. The van der Waals surface area contributed by atoms with Crippen molar-refractivity contribution in [3.63, 3.8) is 0 Å². The number of nitrogens with zero attached hydrogens (tertiary/aromatic N) is 5. The van der Waals surface area contributed by atoms with Gasteiger partial charge in [-0.3, -0.25) is 30.0 Å². The van der Waals surface area contributed by atoms with Crippen LogP contribution >= 0.6 is 27.3 Å². The highest BCUT2D eigenvalue weighted by molar-refractivity contribution is 9.10. The van der Waals surface area contributed by atoms with Crippen molar-refractivity contribution < 1.29 is 19.6 Å². The maximum atomic E-state index is 12.2. The molecule has 0 atom stereocenters. The summed E-state index contributed by atoms with van der Waals surface area (Å²) in [4.78, 5) is 38.2. The minimum absolute atomic E-state index is 0.0671. The van der Waals surface area contributed by atoms with Crippen LogP contribution in [0.15, 0.2) is 46.2 Å². The second-order valence-corrected chi connectivity index (χ2v) is 7.79. The molecule has 0 unspecified atom stereocenters. The molecule has 14 heteroatoms. The maximum absolute atomic E-state index is 12.2. The van der Waals surface area contributed by atoms with Crippen LogP contribution in [0.3, 0.4) is 0 Å². The average molecular weight is 506 g/mol. The van der Waals surface area contributed by atoms with Crippen molar-refractivity contribution in [2.45, 2.75) is 6.42 Å². The number of hydrogen-bond acceptors (Lipinski definition) is 10. The smallest absolute Gasteiger partial charge is 0.270 e. The molecule has 0 aliphatic rings. The van der Waals surface area contributed by atoms with E-state index in [1.54, 1.807) is 12.3 Å². The Morgan fingerprint density at radius 2 is 2.10 bits per heavy atom. The molecule has 3 N–H and O–H groups in total. The van der Waals surface area contributed by atoms with E-state index in [0.29, 0.717) is 15.0 Å². The molecule has 0 bridgehead atoms. The fourth-order valence-corrected chi connectivity index (χ4v) is 3.29. The SMILES string of the molecule is O=C(Cc1nnc(NC(=O)c2cncc(Br)c2)s1)NN=Cc1cc([N+](=O)[O-])ccc1O. The summed E-state index contributed by atoms with van der Waals surface area (Å²) in [6.07, 6.45) is 3.86. The summed E-state index contributed by atoms with van der Waals surface area (Å²) in [7, 11) is 0. The molecular formula is C17H12BrN7O5S. The number of anilines is 1. The Balaban J connectivity index is 1.55. The first-order valence-electron chi connectivity index (χ1n) is 8.35.